The van der Waals surface area contributed by atoms with Gasteiger partial charge < -0.3 is 9.30 Å². The smallest absolute Gasteiger partial charge is 0.417 e. The molecule has 9 heteroatoms. The van der Waals surface area contributed by atoms with E-state index in [1.54, 1.807) is 17.5 Å². The summed E-state index contributed by atoms with van der Waals surface area (Å²) in [5.41, 5.74) is -1.83. The van der Waals surface area contributed by atoms with Gasteiger partial charge in [-0.15, -0.1) is 11.3 Å². The summed E-state index contributed by atoms with van der Waals surface area (Å²) in [4.78, 5) is 35.1. The largest absolute Gasteiger partial charge is 0.456 e. The third kappa shape index (κ3) is 4.52. The maximum Gasteiger partial charge on any atom is 0.417 e. The van der Waals surface area contributed by atoms with Gasteiger partial charge in [0.1, 0.15) is 6.54 Å². The molecule has 2 heterocycles. The monoisotopic (exact) mass is 345 g/mol. The third-order valence-corrected chi connectivity index (χ3v) is 3.68. The molecule has 0 atom stereocenters. The molecule has 0 radical (unpaired) electrons. The molecule has 0 spiro atoms. The molecule has 0 amide bonds. The van der Waals surface area contributed by atoms with Crippen molar-refractivity contribution >= 4 is 23.1 Å². The van der Waals surface area contributed by atoms with Gasteiger partial charge in [0.2, 0.25) is 5.78 Å². The molecule has 2 aromatic heterocycles. The minimum absolute atomic E-state index is 0.397. The van der Waals surface area contributed by atoms with Gasteiger partial charge in [0.05, 0.1) is 10.4 Å². The van der Waals surface area contributed by atoms with Crippen LogP contribution >= 0.6 is 11.3 Å². The fourth-order valence-corrected chi connectivity index (χ4v) is 2.31. The first-order chi connectivity index (χ1) is 10.8. The minimum Gasteiger partial charge on any atom is -0.456 e. The predicted octanol–water partition coefficient (Wildman–Crippen LogP) is 2.35. The first kappa shape index (κ1) is 16.9. The number of nitrogens with zero attached hydrogens (tertiary/aromatic N) is 1. The number of hydrogen-bond donors (Lipinski definition) is 0. The summed E-state index contributed by atoms with van der Waals surface area (Å²) in [6, 6.07) is 4.55. The SMILES string of the molecule is O=C(Cn1cc(C(F)(F)F)ccc1=O)OCC(=O)c1cccs1. The summed E-state index contributed by atoms with van der Waals surface area (Å²) in [6.07, 6.45) is -4.10. The fourth-order valence-electron chi connectivity index (χ4n) is 1.66. The molecule has 5 nitrogen and oxygen atoms in total. The van der Waals surface area contributed by atoms with Crippen molar-refractivity contribution in [3.63, 3.8) is 0 Å². The van der Waals surface area contributed by atoms with Gasteiger partial charge in [0.25, 0.3) is 5.56 Å². The van der Waals surface area contributed by atoms with Gasteiger partial charge in [-0.25, -0.2) is 0 Å². The quantitative estimate of drug-likeness (QED) is 0.616. The van der Waals surface area contributed by atoms with Crippen LogP contribution < -0.4 is 5.56 Å². The third-order valence-electron chi connectivity index (χ3n) is 2.77. The second-order valence-corrected chi connectivity index (χ2v) is 5.39. The molecule has 2 aromatic rings. The average molecular weight is 345 g/mol. The van der Waals surface area contributed by atoms with Gasteiger partial charge in [-0.1, -0.05) is 6.07 Å². The summed E-state index contributed by atoms with van der Waals surface area (Å²) >= 11 is 1.17. The number of thiophene rings is 1. The molecule has 0 N–H and O–H groups in total. The Hall–Kier alpha value is -2.42. The van der Waals surface area contributed by atoms with Gasteiger partial charge >= 0.3 is 12.1 Å². The zero-order valence-electron chi connectivity index (χ0n) is 11.5. The van der Waals surface area contributed by atoms with Crippen molar-refractivity contribution in [2.24, 2.45) is 0 Å². The van der Waals surface area contributed by atoms with Crippen LogP contribution in [-0.2, 0) is 22.3 Å². The fraction of sp³-hybridized carbons (Fsp3) is 0.214. The standard InChI is InChI=1S/C14H10F3NO4S/c15-14(16,17)9-3-4-12(20)18(6-9)7-13(21)22-8-10(19)11-2-1-5-23-11/h1-6H,7-8H2. The van der Waals surface area contributed by atoms with E-state index in [1.165, 1.54) is 11.3 Å². The normalized spacial score (nSPS) is 11.3. The van der Waals surface area contributed by atoms with Crippen molar-refractivity contribution in [1.82, 2.24) is 4.57 Å². The number of Topliss-reactive ketones (excluding diaryl/α,β-unsaturated/α-hetero) is 1. The molecule has 0 aliphatic rings. The van der Waals surface area contributed by atoms with Crippen LogP contribution in [-0.4, -0.2) is 22.9 Å². The topological polar surface area (TPSA) is 65.4 Å². The molecular weight excluding hydrogens is 335 g/mol. The number of aromatic nitrogens is 1. The van der Waals surface area contributed by atoms with E-state index in [4.69, 9.17) is 0 Å². The highest BCUT2D eigenvalue weighted by Gasteiger charge is 2.31. The Kier molecular flexibility index (Phi) is 4.99. The first-order valence-corrected chi connectivity index (χ1v) is 7.15. The number of ketones is 1. The molecule has 2 rings (SSSR count). The van der Waals surface area contributed by atoms with Crippen molar-refractivity contribution in [2.45, 2.75) is 12.7 Å². The van der Waals surface area contributed by atoms with Crippen molar-refractivity contribution < 1.29 is 27.5 Å². The molecule has 0 aromatic carbocycles. The number of halogens is 3. The number of carbonyl (C=O) groups is 2. The van der Waals surface area contributed by atoms with Crippen LogP contribution in [0.1, 0.15) is 15.2 Å². The van der Waals surface area contributed by atoms with E-state index < -0.39 is 42.2 Å². The molecule has 122 valence electrons. The van der Waals surface area contributed by atoms with Gasteiger partial charge in [-0.2, -0.15) is 13.2 Å². The predicted molar refractivity (Wildman–Crippen MR) is 75.3 cm³/mol. The Morgan fingerprint density at radius 2 is 1.96 bits per heavy atom. The van der Waals surface area contributed by atoms with E-state index in [1.807, 2.05) is 0 Å². The highest BCUT2D eigenvalue weighted by molar-refractivity contribution is 7.12. The summed E-state index contributed by atoms with van der Waals surface area (Å²) in [5, 5.41) is 1.68. The second-order valence-electron chi connectivity index (χ2n) is 4.44. The molecular formula is C14H10F3NO4S. The Morgan fingerprint density at radius 3 is 2.57 bits per heavy atom. The van der Waals surface area contributed by atoms with E-state index in [9.17, 15) is 27.6 Å². The molecule has 0 aliphatic heterocycles. The van der Waals surface area contributed by atoms with E-state index in [0.717, 1.165) is 0 Å². The van der Waals surface area contributed by atoms with Gasteiger partial charge in [-0.3, -0.25) is 14.4 Å². The van der Waals surface area contributed by atoms with E-state index in [2.05, 4.69) is 4.74 Å². The van der Waals surface area contributed by atoms with Crippen molar-refractivity contribution in [2.75, 3.05) is 6.61 Å². The molecule has 0 saturated heterocycles. The van der Waals surface area contributed by atoms with E-state index in [0.29, 0.717) is 27.8 Å². The number of rotatable bonds is 5. The number of ether oxygens (including phenoxy) is 1. The minimum atomic E-state index is -4.63. The summed E-state index contributed by atoms with van der Waals surface area (Å²) in [6.45, 7) is -1.24. The molecule has 0 bridgehead atoms. The summed E-state index contributed by atoms with van der Waals surface area (Å²) < 4.78 is 43.0. The van der Waals surface area contributed by atoms with Crippen LogP contribution in [0.4, 0.5) is 13.2 Å². The van der Waals surface area contributed by atoms with Crippen LogP contribution in [0.15, 0.2) is 40.6 Å². The van der Waals surface area contributed by atoms with Crippen LogP contribution in [0.5, 0.6) is 0 Å². The Balaban J connectivity index is 2.00. The molecule has 0 saturated carbocycles. The van der Waals surface area contributed by atoms with Crippen molar-refractivity contribution in [1.29, 1.82) is 0 Å². The van der Waals surface area contributed by atoms with Gasteiger partial charge in [0.15, 0.2) is 6.61 Å². The van der Waals surface area contributed by atoms with Crippen LogP contribution in [0.2, 0.25) is 0 Å². The van der Waals surface area contributed by atoms with Crippen LogP contribution in [0.25, 0.3) is 0 Å². The van der Waals surface area contributed by atoms with E-state index in [-0.39, 0.29) is 0 Å². The van der Waals surface area contributed by atoms with Crippen molar-refractivity contribution in [3.8, 4) is 0 Å². The Morgan fingerprint density at radius 1 is 1.22 bits per heavy atom. The van der Waals surface area contributed by atoms with Crippen molar-refractivity contribution in [3.05, 3.63) is 56.6 Å². The van der Waals surface area contributed by atoms with Gasteiger partial charge in [0, 0.05) is 12.3 Å². The molecule has 0 unspecified atom stereocenters. The zero-order valence-corrected chi connectivity index (χ0v) is 12.3. The number of alkyl halides is 3. The lowest BCUT2D eigenvalue weighted by atomic mass is 10.3. The van der Waals surface area contributed by atoms with E-state index >= 15 is 0 Å². The Labute approximate surface area is 131 Å². The maximum absolute atomic E-state index is 12.6. The van der Waals surface area contributed by atoms with Crippen LogP contribution in [0, 0.1) is 0 Å². The number of hydrogen-bond acceptors (Lipinski definition) is 5. The lowest BCUT2D eigenvalue weighted by Crippen LogP contribution is -2.27. The maximum atomic E-state index is 12.6. The lowest BCUT2D eigenvalue weighted by Gasteiger charge is -2.10. The highest BCUT2D eigenvalue weighted by Crippen LogP contribution is 2.27. The first-order valence-electron chi connectivity index (χ1n) is 6.27. The second kappa shape index (κ2) is 6.78. The summed E-state index contributed by atoms with van der Waals surface area (Å²) in [5.74, 6) is -1.40. The highest BCUT2D eigenvalue weighted by atomic mass is 32.1. The number of esters is 1. The Bertz CT molecular complexity index is 765. The summed E-state index contributed by atoms with van der Waals surface area (Å²) in [7, 11) is 0. The lowest BCUT2D eigenvalue weighted by molar-refractivity contribution is -0.144. The average Bonchev–Trinajstić information content (AvgIpc) is 3.00. The zero-order chi connectivity index (χ0) is 17.0. The number of carbonyl (C=O) groups excluding carboxylic acids is 2. The molecule has 23 heavy (non-hydrogen) atoms. The van der Waals surface area contributed by atoms with Gasteiger partial charge in [-0.05, 0) is 17.5 Å². The molecule has 0 aliphatic carbocycles. The molecule has 0 fully saturated rings. The van der Waals surface area contributed by atoms with Crippen LogP contribution in [0.3, 0.4) is 0 Å². The number of pyridine rings is 1.